The van der Waals surface area contributed by atoms with Crippen molar-refractivity contribution in [3.8, 4) is 0 Å². The average molecular weight is 868 g/mol. The molecule has 0 aliphatic carbocycles. The highest BCUT2D eigenvalue weighted by atomic mass is 35.5. The summed E-state index contributed by atoms with van der Waals surface area (Å²) in [6, 6.07) is 6.29. The molecule has 0 radical (unpaired) electrons. The maximum absolute atomic E-state index is 2.29. The van der Waals surface area contributed by atoms with E-state index in [1.54, 1.807) is 0 Å². The molecule has 0 fully saturated rings. The highest BCUT2D eigenvalue weighted by Crippen LogP contribution is 2.14. The zero-order valence-electron chi connectivity index (χ0n) is 40.5. The fraction of sp³-hybridized carbons (Fsp3) is 0.902. The van der Waals surface area contributed by atoms with Crippen LogP contribution in [0.25, 0.3) is 0 Å². The molecule has 0 aliphatic rings. The lowest BCUT2D eigenvalue weighted by atomic mass is 10.0. The lowest BCUT2D eigenvalue weighted by Gasteiger charge is -2.23. The van der Waals surface area contributed by atoms with Crippen molar-refractivity contribution >= 4 is 0 Å². The maximum atomic E-state index is 2.29. The van der Waals surface area contributed by atoms with Crippen LogP contribution in [0.4, 0.5) is 0 Å². The zero-order valence-corrected chi connectivity index (χ0v) is 42.8. The Morgan fingerprint density at radius 1 is 0.281 bits per heavy atom. The summed E-state index contributed by atoms with van der Waals surface area (Å²) in [5.41, 5.74) is 0. The summed E-state index contributed by atoms with van der Waals surface area (Å²) in [6.07, 6.45) is 53.2. The summed E-state index contributed by atoms with van der Waals surface area (Å²) < 4.78 is 4.53. The van der Waals surface area contributed by atoms with Crippen molar-refractivity contribution in [3.05, 3.63) is 30.6 Å². The van der Waals surface area contributed by atoms with Crippen molar-refractivity contribution < 1.29 is 50.8 Å². The highest BCUT2D eigenvalue weighted by Gasteiger charge is 2.06. The Morgan fingerprint density at radius 2 is 0.491 bits per heavy atom. The van der Waals surface area contributed by atoms with Gasteiger partial charge in [0.2, 0.25) is 0 Å². The lowest BCUT2D eigenvalue weighted by molar-refractivity contribution is -0.870. The van der Waals surface area contributed by atoms with Crippen molar-refractivity contribution in [2.24, 2.45) is 0 Å². The predicted octanol–water partition coefficient (Wildman–Crippen LogP) is 6.69. The lowest BCUT2D eigenvalue weighted by Crippen LogP contribution is -3.00. The number of halogens is 3. The zero-order chi connectivity index (χ0) is 40.3. The number of hydrogen-bond acceptors (Lipinski definition) is 0. The first kappa shape index (κ1) is 66.0. The van der Waals surface area contributed by atoms with E-state index < -0.39 is 0 Å². The molecule has 0 saturated carbocycles. The third-order valence-electron chi connectivity index (χ3n) is 10.9. The average Bonchev–Trinajstić information content (AvgIpc) is 3.13. The van der Waals surface area contributed by atoms with Gasteiger partial charge in [0.15, 0.2) is 12.4 Å². The number of aromatic nitrogens is 1. The van der Waals surface area contributed by atoms with Crippen molar-refractivity contribution in [2.75, 3.05) is 55.4 Å². The molecule has 1 heterocycles. The molecule has 1 rings (SSSR count). The van der Waals surface area contributed by atoms with Crippen molar-refractivity contribution in [3.63, 3.8) is 0 Å². The molecule has 57 heavy (non-hydrogen) atoms. The number of nitrogens with zero attached hydrogens (tertiary/aromatic N) is 3. The van der Waals surface area contributed by atoms with Crippen LogP contribution in [0.15, 0.2) is 30.6 Å². The van der Waals surface area contributed by atoms with Gasteiger partial charge in [0.25, 0.3) is 0 Å². The van der Waals surface area contributed by atoms with Crippen LogP contribution in [-0.4, -0.2) is 64.3 Å². The van der Waals surface area contributed by atoms with Gasteiger partial charge in [-0.25, -0.2) is 4.57 Å². The predicted molar refractivity (Wildman–Crippen MR) is 246 cm³/mol. The van der Waals surface area contributed by atoms with E-state index in [1.165, 1.54) is 238 Å². The van der Waals surface area contributed by atoms with Gasteiger partial charge in [-0.15, -0.1) is 0 Å². The Bertz CT molecular complexity index is 810. The molecule has 1 aromatic heterocycles. The number of pyridine rings is 1. The van der Waals surface area contributed by atoms with E-state index in [0.29, 0.717) is 0 Å². The molecule has 0 N–H and O–H groups in total. The molecule has 0 amide bonds. The number of rotatable bonds is 37. The minimum absolute atomic E-state index is 0. The van der Waals surface area contributed by atoms with E-state index >= 15 is 0 Å². The van der Waals surface area contributed by atoms with Gasteiger partial charge in [0.05, 0.1) is 55.4 Å². The third kappa shape index (κ3) is 65.3. The molecule has 0 aromatic carbocycles. The van der Waals surface area contributed by atoms with Crippen LogP contribution in [0, 0.1) is 0 Å². The fourth-order valence-electron chi connectivity index (χ4n) is 7.22. The van der Waals surface area contributed by atoms with E-state index in [0.717, 1.165) is 8.97 Å². The van der Waals surface area contributed by atoms with Gasteiger partial charge >= 0.3 is 0 Å². The molecule has 0 unspecified atom stereocenters. The second kappa shape index (κ2) is 52.1. The normalized spacial score (nSPS) is 11.0. The van der Waals surface area contributed by atoms with Gasteiger partial charge in [0, 0.05) is 18.6 Å². The number of quaternary nitrogens is 2. The molecule has 346 valence electrons. The largest absolute Gasteiger partial charge is 1.00 e. The van der Waals surface area contributed by atoms with E-state index in [-0.39, 0.29) is 37.2 Å². The Hall–Kier alpha value is -0.0600. The quantitative estimate of drug-likeness (QED) is 0.0399. The molecule has 0 bridgehead atoms. The second-order valence-electron chi connectivity index (χ2n) is 19.1. The summed E-state index contributed by atoms with van der Waals surface area (Å²) in [7, 11) is 13.7. The van der Waals surface area contributed by atoms with Gasteiger partial charge in [-0.2, -0.15) is 0 Å². The molecule has 0 aliphatic heterocycles. The molecule has 0 atom stereocenters. The van der Waals surface area contributed by atoms with Crippen LogP contribution < -0.4 is 41.8 Å². The minimum atomic E-state index is 0. The van der Waals surface area contributed by atoms with Crippen LogP contribution in [0.2, 0.25) is 0 Å². The van der Waals surface area contributed by atoms with E-state index in [1.807, 2.05) is 0 Å². The summed E-state index contributed by atoms with van der Waals surface area (Å²) in [6.45, 7) is 10.7. The van der Waals surface area contributed by atoms with Gasteiger partial charge in [-0.05, 0) is 32.1 Å². The van der Waals surface area contributed by atoms with Crippen molar-refractivity contribution in [2.45, 2.75) is 246 Å². The SMILES string of the molecule is CCCCCCCCCCCCCCCC[N+](C)(C)C.CCCCCCCCCCCC[N+](C)(C)C.CCCCCCCCCCCC[n+]1ccccc1.[Cl-].[Cl-].[Cl-]. The van der Waals surface area contributed by atoms with Gasteiger partial charge in [-0.1, -0.05) is 207 Å². The molecular weight excluding hydrogens is 761 g/mol. The number of hydrogen-bond donors (Lipinski definition) is 0. The smallest absolute Gasteiger partial charge is 0.168 e. The number of unbranched alkanes of at least 4 members (excludes halogenated alkanes) is 31. The molecular formula is C51H106Cl3N3. The van der Waals surface area contributed by atoms with E-state index in [9.17, 15) is 0 Å². The van der Waals surface area contributed by atoms with E-state index in [4.69, 9.17) is 0 Å². The molecule has 6 heteroatoms. The summed E-state index contributed by atoms with van der Waals surface area (Å²) in [5.74, 6) is 0. The molecule has 0 spiro atoms. The topological polar surface area (TPSA) is 3.88 Å². The Kier molecular flexibility index (Phi) is 60.3. The van der Waals surface area contributed by atoms with Crippen LogP contribution >= 0.6 is 0 Å². The summed E-state index contributed by atoms with van der Waals surface area (Å²) in [5, 5.41) is 0. The monoisotopic (exact) mass is 866 g/mol. The highest BCUT2D eigenvalue weighted by molar-refractivity contribution is 4.83. The second-order valence-corrected chi connectivity index (χ2v) is 19.1. The first-order valence-corrected chi connectivity index (χ1v) is 24.6. The summed E-state index contributed by atoms with van der Waals surface area (Å²) in [4.78, 5) is 0. The third-order valence-corrected chi connectivity index (χ3v) is 10.9. The van der Waals surface area contributed by atoms with Gasteiger partial charge in [-0.3, -0.25) is 0 Å². The standard InChI is InChI=1S/C19H42N.C17H30N.C15H34N.3ClH/c1-5-6-7-8-9-10-11-12-13-14-15-16-17-18-19-20(2,3)4;1-2-3-4-5-6-7-8-9-10-12-15-18-16-13-11-14-17-18;1-5-6-7-8-9-10-11-12-13-14-15-16(2,3)4;;;/h5-19H2,1-4H3;11,13-14,16-17H,2-10,12,15H2,1H3;5-15H2,1-4H3;3*1H/q3*+1;;;/p-3. The van der Waals surface area contributed by atoms with Gasteiger partial charge < -0.3 is 46.2 Å². The maximum Gasteiger partial charge on any atom is 0.168 e. The van der Waals surface area contributed by atoms with Crippen LogP contribution in [-0.2, 0) is 6.54 Å². The molecule has 3 nitrogen and oxygen atoms in total. The Balaban J connectivity index is -0.000000232. The molecule has 1 aromatic rings. The Morgan fingerprint density at radius 3 is 0.719 bits per heavy atom. The van der Waals surface area contributed by atoms with Crippen molar-refractivity contribution in [1.82, 2.24) is 0 Å². The first-order valence-electron chi connectivity index (χ1n) is 24.6. The Labute approximate surface area is 380 Å². The minimum Gasteiger partial charge on any atom is -1.00 e. The van der Waals surface area contributed by atoms with Crippen LogP contribution in [0.5, 0.6) is 0 Å². The van der Waals surface area contributed by atoms with E-state index in [2.05, 4.69) is 98.2 Å². The van der Waals surface area contributed by atoms with Gasteiger partial charge in [0.1, 0.15) is 6.54 Å². The van der Waals surface area contributed by atoms with Crippen LogP contribution in [0.1, 0.15) is 239 Å². The summed E-state index contributed by atoms with van der Waals surface area (Å²) >= 11 is 0. The van der Waals surface area contributed by atoms with Crippen LogP contribution in [0.3, 0.4) is 0 Å². The number of aryl methyl sites for hydroxylation is 1. The first-order chi connectivity index (χ1) is 26.1. The fourth-order valence-corrected chi connectivity index (χ4v) is 7.22. The molecule has 0 saturated heterocycles. The van der Waals surface area contributed by atoms with Crippen molar-refractivity contribution in [1.29, 1.82) is 0 Å².